The number of pyridine rings is 2. The lowest BCUT2D eigenvalue weighted by Gasteiger charge is -2.26. The van der Waals surface area contributed by atoms with Gasteiger partial charge in [0.1, 0.15) is 21.6 Å². The number of benzene rings is 7. The van der Waals surface area contributed by atoms with Crippen LogP contribution in [0.15, 0.2) is 205 Å². The monoisotopic (exact) mass is 778 g/mol. The van der Waals surface area contributed by atoms with Gasteiger partial charge in [-0.2, -0.15) is 0 Å². The minimum Gasteiger partial charge on any atom is -0.286 e. The van der Waals surface area contributed by atoms with Crippen molar-refractivity contribution in [3.05, 3.63) is 205 Å². The van der Waals surface area contributed by atoms with Crippen molar-refractivity contribution in [2.24, 2.45) is 0 Å². The molecule has 58 heavy (non-hydrogen) atoms. The average Bonchev–Trinajstić information content (AvgIpc) is 4.02. The second kappa shape index (κ2) is 14.4. The quantitative estimate of drug-likeness (QED) is 0.144. The van der Waals surface area contributed by atoms with Crippen molar-refractivity contribution in [2.75, 3.05) is 9.80 Å². The molecule has 0 N–H and O–H groups in total. The van der Waals surface area contributed by atoms with Crippen molar-refractivity contribution in [1.29, 1.82) is 0 Å². The molecule has 0 amide bonds. The number of hydrogen-bond donors (Lipinski definition) is 0. The van der Waals surface area contributed by atoms with E-state index in [1.807, 2.05) is 24.5 Å². The highest BCUT2D eigenvalue weighted by molar-refractivity contribution is 7.14. The number of hydrogen-bond acceptors (Lipinski definition) is 6. The first kappa shape index (κ1) is 34.2. The van der Waals surface area contributed by atoms with Gasteiger partial charge in [0.05, 0.1) is 0 Å². The Hall–Kier alpha value is -7.12. The van der Waals surface area contributed by atoms with Gasteiger partial charge in [-0.05, 0) is 161 Å². The molecular weight excluding hydrogens is 745 g/mol. The smallest absolute Gasteiger partial charge is 0.138 e. The lowest BCUT2D eigenvalue weighted by molar-refractivity contribution is 1.20. The third-order valence-corrected chi connectivity index (χ3v) is 12.6. The fraction of sp³-hybridized carbons (Fsp3) is 0. The molecule has 0 atom stereocenters. The zero-order chi connectivity index (χ0) is 38.4. The van der Waals surface area contributed by atoms with E-state index < -0.39 is 0 Å². The topological polar surface area (TPSA) is 32.3 Å². The Labute approximate surface area is 344 Å². The Morgan fingerprint density at radius 2 is 0.793 bits per heavy atom. The Bertz CT molecular complexity index is 3020. The van der Waals surface area contributed by atoms with E-state index in [9.17, 15) is 0 Å². The molecule has 0 unspecified atom stereocenters. The fourth-order valence-corrected chi connectivity index (χ4v) is 9.82. The van der Waals surface area contributed by atoms with Crippen molar-refractivity contribution in [3.63, 3.8) is 0 Å². The minimum absolute atomic E-state index is 0.875. The first-order valence-electron chi connectivity index (χ1n) is 19.3. The Balaban J connectivity index is 1.26. The van der Waals surface area contributed by atoms with E-state index >= 15 is 0 Å². The van der Waals surface area contributed by atoms with Gasteiger partial charge in [0.25, 0.3) is 0 Å². The van der Waals surface area contributed by atoms with Crippen molar-refractivity contribution < 1.29 is 0 Å². The summed E-state index contributed by atoms with van der Waals surface area (Å²) in [6.07, 6.45) is 3.73. The third-order valence-electron chi connectivity index (χ3n) is 10.9. The zero-order valence-corrected chi connectivity index (χ0v) is 32.9. The van der Waals surface area contributed by atoms with Gasteiger partial charge < -0.3 is 0 Å². The van der Waals surface area contributed by atoms with Crippen LogP contribution in [0.1, 0.15) is 0 Å². The second-order valence-electron chi connectivity index (χ2n) is 14.3. The highest BCUT2D eigenvalue weighted by Crippen LogP contribution is 2.49. The van der Waals surface area contributed by atoms with Crippen LogP contribution in [0.2, 0.25) is 0 Å². The van der Waals surface area contributed by atoms with Crippen LogP contribution in [0.4, 0.5) is 33.0 Å². The van der Waals surface area contributed by atoms with Crippen LogP contribution >= 0.6 is 22.7 Å². The van der Waals surface area contributed by atoms with Crippen molar-refractivity contribution in [2.45, 2.75) is 0 Å². The van der Waals surface area contributed by atoms with Crippen molar-refractivity contribution >= 4 is 98.8 Å². The minimum atomic E-state index is 0.875. The van der Waals surface area contributed by atoms with E-state index in [1.165, 1.54) is 65.3 Å². The third kappa shape index (κ3) is 5.98. The normalized spacial score (nSPS) is 11.4. The molecule has 0 saturated heterocycles. The molecule has 7 aromatic carbocycles. The van der Waals surface area contributed by atoms with Crippen molar-refractivity contribution in [3.8, 4) is 22.3 Å². The summed E-state index contributed by atoms with van der Waals surface area (Å²) in [7, 11) is 0. The molecule has 11 rings (SSSR count). The number of thiophene rings is 2. The zero-order valence-electron chi connectivity index (χ0n) is 31.2. The van der Waals surface area contributed by atoms with E-state index in [0.717, 1.165) is 33.0 Å². The van der Waals surface area contributed by atoms with Gasteiger partial charge in [0.2, 0.25) is 0 Å². The van der Waals surface area contributed by atoms with Gasteiger partial charge in [-0.1, -0.05) is 97.1 Å². The summed E-state index contributed by atoms with van der Waals surface area (Å²) in [4.78, 5) is 14.2. The molecule has 6 heteroatoms. The standard InChI is InChI=1S/C52H34N4S2/c1-3-13-37-31-39(21-19-35(37)11-1)51-43-25-23-42(56(50-18-10-30-58-50)48-16-6-8-28-54-48)34-46(43)52(40-22-20-36-12-2-4-14-38(36)32-40)44-26-24-41(33-45(44)51)55(49-17-9-29-57-49)47-15-5-7-27-53-47/h1-34H. The predicted octanol–water partition coefficient (Wildman–Crippen LogP) is 15.5. The van der Waals surface area contributed by atoms with Crippen LogP contribution in [0.25, 0.3) is 65.3 Å². The lowest BCUT2D eigenvalue weighted by Crippen LogP contribution is -2.10. The summed E-state index contributed by atoms with van der Waals surface area (Å²) >= 11 is 3.42. The molecule has 4 heterocycles. The molecule has 0 saturated carbocycles. The van der Waals surface area contributed by atoms with E-state index in [4.69, 9.17) is 9.97 Å². The molecule has 274 valence electrons. The molecule has 0 bridgehead atoms. The van der Waals surface area contributed by atoms with Crippen LogP contribution in [0.5, 0.6) is 0 Å². The van der Waals surface area contributed by atoms with Crippen LogP contribution in [0.3, 0.4) is 0 Å². The molecule has 0 aliphatic heterocycles. The Morgan fingerprint density at radius 3 is 1.21 bits per heavy atom. The van der Waals surface area contributed by atoms with Crippen LogP contribution in [0, 0.1) is 0 Å². The molecular formula is C52H34N4S2. The maximum Gasteiger partial charge on any atom is 0.138 e. The molecule has 4 aromatic heterocycles. The first-order valence-corrected chi connectivity index (χ1v) is 21.0. The summed E-state index contributed by atoms with van der Waals surface area (Å²) in [6, 6.07) is 65.7. The van der Waals surface area contributed by atoms with E-state index in [0.29, 0.717) is 0 Å². The van der Waals surface area contributed by atoms with Gasteiger partial charge in [-0.3, -0.25) is 9.80 Å². The largest absolute Gasteiger partial charge is 0.286 e. The van der Waals surface area contributed by atoms with E-state index in [2.05, 4.69) is 190 Å². The van der Waals surface area contributed by atoms with Gasteiger partial charge in [-0.15, -0.1) is 22.7 Å². The summed E-state index contributed by atoms with van der Waals surface area (Å²) in [6.45, 7) is 0. The molecule has 4 nitrogen and oxygen atoms in total. The fourth-order valence-electron chi connectivity index (χ4n) is 8.31. The van der Waals surface area contributed by atoms with Crippen LogP contribution < -0.4 is 9.80 Å². The van der Waals surface area contributed by atoms with E-state index in [1.54, 1.807) is 22.7 Å². The number of nitrogens with zero attached hydrogens (tertiary/aromatic N) is 4. The number of aromatic nitrogens is 2. The first-order chi connectivity index (χ1) is 28.8. The molecule has 0 aliphatic carbocycles. The molecule has 11 aromatic rings. The lowest BCUT2D eigenvalue weighted by atomic mass is 9.84. The molecule has 0 spiro atoms. The van der Waals surface area contributed by atoms with Crippen LogP contribution in [-0.4, -0.2) is 9.97 Å². The molecule has 0 radical (unpaired) electrons. The molecule has 0 fully saturated rings. The van der Waals surface area contributed by atoms with Gasteiger partial charge >= 0.3 is 0 Å². The van der Waals surface area contributed by atoms with Gasteiger partial charge in [0, 0.05) is 23.8 Å². The Morgan fingerprint density at radius 1 is 0.345 bits per heavy atom. The molecule has 0 aliphatic rings. The summed E-state index contributed by atoms with van der Waals surface area (Å²) < 4.78 is 0. The number of fused-ring (bicyclic) bond motifs is 4. The summed E-state index contributed by atoms with van der Waals surface area (Å²) in [5.41, 5.74) is 6.83. The van der Waals surface area contributed by atoms with Gasteiger partial charge in [-0.25, -0.2) is 9.97 Å². The predicted molar refractivity (Wildman–Crippen MR) is 248 cm³/mol. The van der Waals surface area contributed by atoms with Crippen molar-refractivity contribution in [1.82, 2.24) is 9.97 Å². The van der Waals surface area contributed by atoms with Crippen LogP contribution in [-0.2, 0) is 0 Å². The maximum absolute atomic E-state index is 4.85. The van der Waals surface area contributed by atoms with E-state index in [-0.39, 0.29) is 0 Å². The Kier molecular flexibility index (Phi) is 8.50. The SMILES string of the molecule is c1ccc(N(c2ccc3c(-c4ccc5ccccc5c4)c4cc(N(c5ccccn5)c5cccs5)ccc4c(-c4ccc5ccccc5c4)c3c2)c2cccs2)nc1. The number of anilines is 6. The summed E-state index contributed by atoms with van der Waals surface area (Å²) in [5, 5.41) is 16.0. The average molecular weight is 779 g/mol. The van der Waals surface area contributed by atoms with Gasteiger partial charge in [0.15, 0.2) is 0 Å². The number of rotatable bonds is 8. The maximum atomic E-state index is 4.85. The highest BCUT2D eigenvalue weighted by Gasteiger charge is 2.23. The summed E-state index contributed by atoms with van der Waals surface area (Å²) in [5.74, 6) is 1.75. The second-order valence-corrected chi connectivity index (χ2v) is 16.1. The highest BCUT2D eigenvalue weighted by atomic mass is 32.1.